The predicted molar refractivity (Wildman–Crippen MR) is 65.4 cm³/mol. The molecule has 0 aliphatic rings. The first-order chi connectivity index (χ1) is 7.69. The quantitative estimate of drug-likeness (QED) is 0.752. The van der Waals surface area contributed by atoms with Crippen LogP contribution in [0.3, 0.4) is 0 Å². The van der Waals surface area contributed by atoms with Crippen LogP contribution in [0.4, 0.5) is 0 Å². The first-order valence-electron chi connectivity index (χ1n) is 5.27. The third-order valence-corrected chi connectivity index (χ3v) is 2.63. The van der Waals surface area contributed by atoms with Crippen molar-refractivity contribution in [1.29, 1.82) is 0 Å². The van der Waals surface area contributed by atoms with Crippen LogP contribution in [0.15, 0.2) is 27.6 Å². The second-order valence-electron chi connectivity index (χ2n) is 3.15. The number of hydrogen-bond acceptors (Lipinski definition) is 3. The van der Waals surface area contributed by atoms with Gasteiger partial charge in [-0.3, -0.25) is 4.79 Å². The van der Waals surface area contributed by atoms with Gasteiger partial charge in [0.15, 0.2) is 6.29 Å². The topological polar surface area (TPSA) is 40.5 Å². The molecule has 0 saturated carbocycles. The maximum absolute atomic E-state index is 11.7. The van der Waals surface area contributed by atoms with Crippen molar-refractivity contribution in [2.45, 2.75) is 26.7 Å². The molecule has 1 heterocycles. The van der Waals surface area contributed by atoms with Gasteiger partial charge in [0.05, 0.1) is 11.0 Å². The van der Waals surface area contributed by atoms with E-state index in [2.05, 4.69) is 15.9 Å². The van der Waals surface area contributed by atoms with Crippen LogP contribution in [-0.4, -0.2) is 24.1 Å². The second-order valence-corrected chi connectivity index (χ2v) is 4.01. The summed E-state index contributed by atoms with van der Waals surface area (Å²) in [5.41, 5.74) is -0.0769. The van der Waals surface area contributed by atoms with E-state index in [1.807, 2.05) is 13.8 Å². The van der Waals surface area contributed by atoms with Crippen LogP contribution in [0.25, 0.3) is 0 Å². The first kappa shape index (κ1) is 13.4. The van der Waals surface area contributed by atoms with Gasteiger partial charge in [0.25, 0.3) is 5.56 Å². The summed E-state index contributed by atoms with van der Waals surface area (Å²) in [7, 11) is 0. The Kier molecular flexibility index (Phi) is 5.73. The number of nitrogens with zero attached hydrogens (tertiary/aromatic N) is 1. The molecule has 1 aromatic heterocycles. The van der Waals surface area contributed by atoms with E-state index in [1.54, 1.807) is 22.9 Å². The van der Waals surface area contributed by atoms with Crippen LogP contribution in [0.2, 0.25) is 0 Å². The Hall–Kier alpha value is -0.650. The van der Waals surface area contributed by atoms with Crippen molar-refractivity contribution in [2.75, 3.05) is 13.2 Å². The summed E-state index contributed by atoms with van der Waals surface area (Å²) in [5.74, 6) is 0. The van der Waals surface area contributed by atoms with Crippen molar-refractivity contribution in [3.8, 4) is 0 Å². The maximum Gasteiger partial charge on any atom is 0.265 e. The van der Waals surface area contributed by atoms with Crippen LogP contribution in [0.1, 0.15) is 13.8 Å². The summed E-state index contributed by atoms with van der Waals surface area (Å²) in [6.07, 6.45) is 1.35. The standard InChI is InChI=1S/C11H16BrNO3/c1-3-15-10(16-4-2)8-13-7-5-6-9(12)11(13)14/h5-7,10H,3-4,8H2,1-2H3. The normalized spacial score (nSPS) is 11.0. The van der Waals surface area contributed by atoms with Gasteiger partial charge in [-0.1, -0.05) is 0 Å². The monoisotopic (exact) mass is 289 g/mol. The minimum atomic E-state index is -0.373. The van der Waals surface area contributed by atoms with E-state index in [1.165, 1.54) is 0 Å². The predicted octanol–water partition coefficient (Wildman–Crippen LogP) is 2.01. The van der Waals surface area contributed by atoms with E-state index in [4.69, 9.17) is 9.47 Å². The molecule has 0 N–H and O–H groups in total. The van der Waals surface area contributed by atoms with Crippen LogP contribution < -0.4 is 5.56 Å². The molecular weight excluding hydrogens is 274 g/mol. The molecule has 0 amide bonds. The van der Waals surface area contributed by atoms with Gasteiger partial charge in [-0.25, -0.2) is 0 Å². The second kappa shape index (κ2) is 6.83. The Bertz CT molecular complexity index is 372. The molecule has 0 bridgehead atoms. The molecule has 0 fully saturated rings. The molecule has 5 heteroatoms. The highest BCUT2D eigenvalue weighted by molar-refractivity contribution is 9.10. The Morgan fingerprint density at radius 1 is 1.38 bits per heavy atom. The lowest BCUT2D eigenvalue weighted by molar-refractivity contribution is -0.143. The highest BCUT2D eigenvalue weighted by Gasteiger charge is 2.10. The Morgan fingerprint density at radius 2 is 2.00 bits per heavy atom. The molecule has 16 heavy (non-hydrogen) atoms. The summed E-state index contributed by atoms with van der Waals surface area (Å²) in [4.78, 5) is 11.7. The molecule has 0 aromatic carbocycles. The van der Waals surface area contributed by atoms with E-state index >= 15 is 0 Å². The van der Waals surface area contributed by atoms with Gasteiger partial charge in [-0.05, 0) is 41.9 Å². The fourth-order valence-electron chi connectivity index (χ4n) is 1.34. The number of halogens is 1. The van der Waals surface area contributed by atoms with Crippen LogP contribution >= 0.6 is 15.9 Å². The minimum Gasteiger partial charge on any atom is -0.351 e. The van der Waals surface area contributed by atoms with Gasteiger partial charge in [-0.2, -0.15) is 0 Å². The lowest BCUT2D eigenvalue weighted by atomic mass is 10.4. The average molecular weight is 290 g/mol. The van der Waals surface area contributed by atoms with Crippen molar-refractivity contribution in [3.05, 3.63) is 33.2 Å². The zero-order valence-electron chi connectivity index (χ0n) is 9.48. The zero-order valence-corrected chi connectivity index (χ0v) is 11.1. The Balaban J connectivity index is 2.76. The zero-order chi connectivity index (χ0) is 12.0. The summed E-state index contributed by atoms with van der Waals surface area (Å²) in [6, 6.07) is 3.52. The van der Waals surface area contributed by atoms with Crippen molar-refractivity contribution < 1.29 is 9.47 Å². The highest BCUT2D eigenvalue weighted by atomic mass is 79.9. The van der Waals surface area contributed by atoms with E-state index in [0.717, 1.165) is 0 Å². The fraction of sp³-hybridized carbons (Fsp3) is 0.545. The van der Waals surface area contributed by atoms with E-state index in [9.17, 15) is 4.79 Å². The number of aromatic nitrogens is 1. The number of hydrogen-bond donors (Lipinski definition) is 0. The largest absolute Gasteiger partial charge is 0.351 e. The van der Waals surface area contributed by atoms with Gasteiger partial charge >= 0.3 is 0 Å². The fourth-order valence-corrected chi connectivity index (χ4v) is 1.72. The van der Waals surface area contributed by atoms with Crippen molar-refractivity contribution in [2.24, 2.45) is 0 Å². The SMILES string of the molecule is CCOC(Cn1cccc(Br)c1=O)OCC. The number of ether oxygens (including phenoxy) is 2. The summed E-state index contributed by atoms with van der Waals surface area (Å²) >= 11 is 3.20. The highest BCUT2D eigenvalue weighted by Crippen LogP contribution is 2.03. The minimum absolute atomic E-state index is 0.0769. The molecular formula is C11H16BrNO3. The smallest absolute Gasteiger partial charge is 0.265 e. The third kappa shape index (κ3) is 3.73. The van der Waals surface area contributed by atoms with Crippen LogP contribution in [0, 0.1) is 0 Å². The third-order valence-electron chi connectivity index (χ3n) is 2.02. The lowest BCUT2D eigenvalue weighted by Crippen LogP contribution is -2.30. The molecule has 1 rings (SSSR count). The summed E-state index contributed by atoms with van der Waals surface area (Å²) < 4.78 is 12.9. The van der Waals surface area contributed by atoms with Gasteiger partial charge in [-0.15, -0.1) is 0 Å². The summed E-state index contributed by atoms with van der Waals surface area (Å²) in [5, 5.41) is 0. The molecule has 0 aliphatic heterocycles. The van der Waals surface area contributed by atoms with Gasteiger partial charge in [0.2, 0.25) is 0 Å². The maximum atomic E-state index is 11.7. The van der Waals surface area contributed by atoms with Gasteiger partial charge < -0.3 is 14.0 Å². The van der Waals surface area contributed by atoms with E-state index in [-0.39, 0.29) is 11.8 Å². The molecule has 90 valence electrons. The first-order valence-corrected chi connectivity index (χ1v) is 6.06. The summed E-state index contributed by atoms with van der Waals surface area (Å²) in [6.45, 7) is 5.33. The van der Waals surface area contributed by atoms with E-state index < -0.39 is 0 Å². The van der Waals surface area contributed by atoms with Crippen molar-refractivity contribution in [1.82, 2.24) is 4.57 Å². The Labute approximate surface area is 103 Å². The van der Waals surface area contributed by atoms with Crippen molar-refractivity contribution >= 4 is 15.9 Å². The molecule has 0 unspecified atom stereocenters. The number of rotatable bonds is 6. The molecule has 0 saturated heterocycles. The lowest BCUT2D eigenvalue weighted by Gasteiger charge is -2.18. The van der Waals surface area contributed by atoms with Gasteiger partial charge in [0.1, 0.15) is 0 Å². The Morgan fingerprint density at radius 3 is 2.56 bits per heavy atom. The average Bonchev–Trinajstić information content (AvgIpc) is 2.25. The van der Waals surface area contributed by atoms with Gasteiger partial charge in [0, 0.05) is 19.4 Å². The number of pyridine rings is 1. The molecule has 1 aromatic rings. The van der Waals surface area contributed by atoms with Crippen LogP contribution in [0.5, 0.6) is 0 Å². The molecule has 0 radical (unpaired) electrons. The van der Waals surface area contributed by atoms with E-state index in [0.29, 0.717) is 24.2 Å². The molecule has 0 spiro atoms. The molecule has 0 atom stereocenters. The molecule has 0 aliphatic carbocycles. The van der Waals surface area contributed by atoms with Crippen LogP contribution in [-0.2, 0) is 16.0 Å². The molecule has 4 nitrogen and oxygen atoms in total. The van der Waals surface area contributed by atoms with Crippen molar-refractivity contribution in [3.63, 3.8) is 0 Å².